The summed E-state index contributed by atoms with van der Waals surface area (Å²) in [4.78, 5) is 51.5. The molecule has 0 saturated heterocycles. The van der Waals surface area contributed by atoms with Gasteiger partial charge in [-0.2, -0.15) is 9.49 Å². The highest BCUT2D eigenvalue weighted by Gasteiger charge is 2.20. The van der Waals surface area contributed by atoms with E-state index in [1.165, 1.54) is 15.5 Å². The number of nitrogens with one attached hydrogen (secondary N) is 2. The van der Waals surface area contributed by atoms with Crippen LogP contribution in [0, 0.1) is 5.82 Å². The Morgan fingerprint density at radius 3 is 2.57 bits per heavy atom. The average molecular weight is 636 g/mol. The minimum Gasteiger partial charge on any atom is -0.508 e. The number of ether oxygens (including phenoxy) is 1. The Balaban J connectivity index is 1.18. The molecule has 0 fully saturated rings. The number of aromatic hydroxyl groups is 2. The fourth-order valence-corrected chi connectivity index (χ4v) is 5.12. The number of hydrogen-bond donors (Lipinski definition) is 4. The lowest BCUT2D eigenvalue weighted by molar-refractivity contribution is -0.130. The van der Waals surface area contributed by atoms with E-state index in [0.717, 1.165) is 21.7 Å². The highest BCUT2D eigenvalue weighted by atomic mass is 19.1. The normalized spacial score (nSPS) is 11.5. The molecule has 15 heteroatoms. The van der Waals surface area contributed by atoms with Crippen molar-refractivity contribution in [2.75, 3.05) is 26.8 Å². The van der Waals surface area contributed by atoms with Crippen LogP contribution in [-0.4, -0.2) is 76.7 Å². The van der Waals surface area contributed by atoms with E-state index < -0.39 is 22.8 Å². The lowest BCUT2D eigenvalue weighted by Crippen LogP contribution is -2.34. The molecule has 5 aromatic rings. The maximum absolute atomic E-state index is 13.4. The van der Waals surface area contributed by atoms with Crippen LogP contribution in [0.1, 0.15) is 31.7 Å². The Hall–Kier alpha value is -5.44. The molecule has 0 bridgehead atoms. The van der Waals surface area contributed by atoms with E-state index in [-0.39, 0.29) is 48.7 Å². The first kappa shape index (κ1) is 32.0. The van der Waals surface area contributed by atoms with E-state index in [1.54, 1.807) is 19.2 Å². The smallest absolute Gasteiger partial charge is 0.348 e. The van der Waals surface area contributed by atoms with E-state index in [2.05, 4.69) is 10.2 Å². The zero-order valence-corrected chi connectivity index (χ0v) is 25.5. The molecule has 242 valence electrons. The summed E-state index contributed by atoms with van der Waals surface area (Å²) >= 11 is 0. The fourth-order valence-electron chi connectivity index (χ4n) is 5.12. The van der Waals surface area contributed by atoms with Crippen molar-refractivity contribution in [3.63, 3.8) is 0 Å². The molecule has 46 heavy (non-hydrogen) atoms. The monoisotopic (exact) mass is 635 g/mol. The zero-order chi connectivity index (χ0) is 33.1. The summed E-state index contributed by atoms with van der Waals surface area (Å²) in [5, 5.41) is 28.3. The first-order chi connectivity index (χ1) is 21.9. The van der Waals surface area contributed by atoms with Crippen LogP contribution >= 0.6 is 0 Å². The topological polar surface area (TPSA) is 180 Å². The molecular formula is C31H34FN7O7. The number of aryl methyl sites for hydroxylation is 1. The maximum Gasteiger partial charge on any atom is 0.348 e. The number of aromatic nitrogens is 6. The summed E-state index contributed by atoms with van der Waals surface area (Å²) in [6.45, 7) is 5.21. The van der Waals surface area contributed by atoms with Gasteiger partial charge in [0.15, 0.2) is 5.82 Å². The van der Waals surface area contributed by atoms with Crippen molar-refractivity contribution in [1.82, 2.24) is 33.8 Å². The van der Waals surface area contributed by atoms with Crippen LogP contribution in [0.2, 0.25) is 0 Å². The number of rotatable bonds is 12. The minimum atomic E-state index is -1.10. The van der Waals surface area contributed by atoms with E-state index in [1.807, 2.05) is 47.8 Å². The second kappa shape index (κ2) is 13.3. The number of carbonyl (C=O) groups is 1. The van der Waals surface area contributed by atoms with E-state index in [9.17, 15) is 33.8 Å². The van der Waals surface area contributed by atoms with Crippen molar-refractivity contribution in [2.24, 2.45) is 0 Å². The van der Waals surface area contributed by atoms with Crippen LogP contribution < -0.4 is 16.9 Å². The van der Waals surface area contributed by atoms with Crippen molar-refractivity contribution in [3.05, 3.63) is 91.5 Å². The van der Waals surface area contributed by atoms with Gasteiger partial charge in [0.05, 0.1) is 30.7 Å². The average Bonchev–Trinajstić information content (AvgIpc) is 3.60. The molecule has 14 nitrogen and oxygen atoms in total. The van der Waals surface area contributed by atoms with Gasteiger partial charge < -0.3 is 24.4 Å². The molecule has 0 saturated carbocycles. The highest BCUT2D eigenvalue weighted by molar-refractivity contribution is 5.83. The number of likely N-dealkylation sites (N-methyl/N-ethyl adjacent to an activating group) is 1. The van der Waals surface area contributed by atoms with E-state index >= 15 is 0 Å². The lowest BCUT2D eigenvalue weighted by atomic mass is 9.98. The molecule has 0 aliphatic rings. The maximum atomic E-state index is 13.4. The SMILES string of the molecule is CC(C)c1cc(-c2n[nH]c(=O)n2-c2ccc3c(ccn3CCOCCN(C)C(=O)CCn3cc(F)c(=O)[nH]c3=O)c2)c(O)cc1O. The van der Waals surface area contributed by atoms with Crippen LogP contribution in [-0.2, 0) is 22.6 Å². The molecule has 3 heterocycles. The summed E-state index contributed by atoms with van der Waals surface area (Å²) < 4.78 is 23.5. The molecule has 3 aromatic heterocycles. The first-order valence-corrected chi connectivity index (χ1v) is 14.6. The van der Waals surface area contributed by atoms with Gasteiger partial charge in [0.25, 0.3) is 5.56 Å². The number of hydrogen-bond acceptors (Lipinski definition) is 8. The number of H-pyrrole nitrogens is 2. The summed E-state index contributed by atoms with van der Waals surface area (Å²) in [6, 6.07) is 10.3. The van der Waals surface area contributed by atoms with Crippen molar-refractivity contribution in [1.29, 1.82) is 0 Å². The molecule has 2 aromatic carbocycles. The Morgan fingerprint density at radius 1 is 1.02 bits per heavy atom. The van der Waals surface area contributed by atoms with Gasteiger partial charge in [0.1, 0.15) is 11.5 Å². The summed E-state index contributed by atoms with van der Waals surface area (Å²) in [6.07, 6.45) is 2.62. The van der Waals surface area contributed by atoms with Gasteiger partial charge in [-0.25, -0.2) is 19.3 Å². The van der Waals surface area contributed by atoms with Crippen molar-refractivity contribution >= 4 is 16.8 Å². The summed E-state index contributed by atoms with van der Waals surface area (Å²) in [5.41, 5.74) is -0.00786. The Morgan fingerprint density at radius 2 is 1.80 bits per heavy atom. The summed E-state index contributed by atoms with van der Waals surface area (Å²) in [5.74, 6) is -1.42. The third kappa shape index (κ3) is 6.63. The van der Waals surface area contributed by atoms with Crippen molar-refractivity contribution < 1.29 is 24.1 Å². The molecule has 0 aliphatic carbocycles. The molecule has 0 spiro atoms. The van der Waals surface area contributed by atoms with Crippen molar-refractivity contribution in [3.8, 4) is 28.6 Å². The number of nitrogens with zero attached hydrogens (tertiary/aromatic N) is 5. The van der Waals surface area contributed by atoms with Crippen LogP contribution in [0.3, 0.4) is 0 Å². The van der Waals surface area contributed by atoms with Gasteiger partial charge in [0.2, 0.25) is 11.7 Å². The molecule has 0 atom stereocenters. The molecular weight excluding hydrogens is 601 g/mol. The van der Waals surface area contributed by atoms with Gasteiger partial charge >= 0.3 is 11.4 Å². The quantitative estimate of drug-likeness (QED) is 0.151. The number of fused-ring (bicyclic) bond motifs is 1. The van der Waals surface area contributed by atoms with Gasteiger partial charge in [-0.1, -0.05) is 13.8 Å². The number of benzene rings is 2. The third-order valence-corrected chi connectivity index (χ3v) is 7.70. The van der Waals surface area contributed by atoms with Crippen LogP contribution in [0.25, 0.3) is 28.0 Å². The predicted molar refractivity (Wildman–Crippen MR) is 167 cm³/mol. The minimum absolute atomic E-state index is 0.0248. The Kier molecular flexibility index (Phi) is 9.23. The van der Waals surface area contributed by atoms with Crippen LogP contribution in [0.15, 0.2) is 63.2 Å². The number of amides is 1. The second-order valence-corrected chi connectivity index (χ2v) is 11.1. The molecule has 0 aliphatic heterocycles. The second-order valence-electron chi connectivity index (χ2n) is 11.1. The number of halogens is 1. The van der Waals surface area contributed by atoms with E-state index in [0.29, 0.717) is 36.5 Å². The number of carbonyl (C=O) groups excluding carboxylic acids is 1. The zero-order valence-electron chi connectivity index (χ0n) is 25.5. The Bertz CT molecular complexity index is 2070. The van der Waals surface area contributed by atoms with Gasteiger partial charge in [-0.15, -0.1) is 0 Å². The standard InChI is InChI=1S/C31H34FN7O7/c1-18(2)21-15-22(26(41)16-25(21)40)28-34-35-31(45)39(28)20-4-5-24-19(14-20)6-8-37(24)11-13-46-12-10-36(3)27(42)7-9-38-17-23(32)29(43)33-30(38)44/h4-6,8,14-18,40-41H,7,9-13H2,1-3H3,(H,35,45)(H,33,43,44). The van der Waals surface area contributed by atoms with E-state index in [4.69, 9.17) is 4.74 Å². The van der Waals surface area contributed by atoms with Gasteiger partial charge in [0, 0.05) is 56.3 Å². The van der Waals surface area contributed by atoms with Crippen LogP contribution in [0.5, 0.6) is 11.5 Å². The largest absolute Gasteiger partial charge is 0.508 e. The molecule has 4 N–H and O–H groups in total. The third-order valence-electron chi connectivity index (χ3n) is 7.70. The summed E-state index contributed by atoms with van der Waals surface area (Å²) in [7, 11) is 1.60. The fraction of sp³-hybridized carbons (Fsp3) is 0.323. The molecule has 0 radical (unpaired) electrons. The number of aromatic amines is 2. The van der Waals surface area contributed by atoms with Gasteiger partial charge in [-0.3, -0.25) is 19.1 Å². The molecule has 1 amide bonds. The van der Waals surface area contributed by atoms with Gasteiger partial charge in [-0.05, 0) is 41.8 Å². The lowest BCUT2D eigenvalue weighted by Gasteiger charge is -2.17. The highest BCUT2D eigenvalue weighted by Crippen LogP contribution is 2.37. The first-order valence-electron chi connectivity index (χ1n) is 14.6. The van der Waals surface area contributed by atoms with Crippen molar-refractivity contribution in [2.45, 2.75) is 39.3 Å². The number of phenolic OH excluding ortho intramolecular Hbond substituents is 2. The number of phenols is 2. The predicted octanol–water partition coefficient (Wildman–Crippen LogP) is 2.27. The molecule has 5 rings (SSSR count). The van der Waals surface area contributed by atoms with Crippen LogP contribution in [0.4, 0.5) is 4.39 Å². The Labute approximate surface area is 260 Å². The molecule has 0 unspecified atom stereocenters.